The Morgan fingerprint density at radius 3 is 2.37 bits per heavy atom. The van der Waals surface area contributed by atoms with Gasteiger partial charge in [0.1, 0.15) is 12.0 Å². The molecule has 238 valence electrons. The molecule has 3 rings (SSSR count). The van der Waals surface area contributed by atoms with Crippen molar-refractivity contribution in [3.05, 3.63) is 0 Å². The van der Waals surface area contributed by atoms with Gasteiger partial charge in [0, 0.05) is 38.5 Å². The molecule has 3 aliphatic heterocycles. The van der Waals surface area contributed by atoms with Crippen molar-refractivity contribution in [1.82, 2.24) is 10.2 Å². The summed E-state index contributed by atoms with van der Waals surface area (Å²) in [7, 11) is 5.44. The summed E-state index contributed by atoms with van der Waals surface area (Å²) in [5, 5.41) is 14.7. The third kappa shape index (κ3) is 8.69. The number of carbonyl (C=O) groups excluding carboxylic acids is 2. The maximum absolute atomic E-state index is 13.8. The second-order valence-electron chi connectivity index (χ2n) is 12.7. The van der Waals surface area contributed by atoms with Crippen LogP contribution in [0.5, 0.6) is 0 Å². The Labute approximate surface area is 245 Å². The van der Waals surface area contributed by atoms with Gasteiger partial charge in [-0.1, -0.05) is 13.8 Å². The fourth-order valence-corrected chi connectivity index (χ4v) is 6.51. The fraction of sp³-hybridized carbons (Fsp3) is 0.933. The third-order valence-electron chi connectivity index (χ3n) is 9.00. The summed E-state index contributed by atoms with van der Waals surface area (Å²) in [4.78, 5) is 28.7. The van der Waals surface area contributed by atoms with Gasteiger partial charge in [0.15, 0.2) is 17.9 Å². The lowest BCUT2D eigenvalue weighted by molar-refractivity contribution is -0.295. The zero-order chi connectivity index (χ0) is 30.4. The number of nitrogens with zero attached hydrogens (tertiary/aromatic N) is 1. The van der Waals surface area contributed by atoms with Gasteiger partial charge in [-0.25, -0.2) is 0 Å². The number of esters is 1. The van der Waals surface area contributed by atoms with Crippen molar-refractivity contribution in [1.29, 1.82) is 0 Å². The van der Waals surface area contributed by atoms with Crippen LogP contribution >= 0.6 is 0 Å². The Morgan fingerprint density at radius 1 is 1.05 bits per heavy atom. The van der Waals surface area contributed by atoms with E-state index < -0.39 is 47.7 Å². The molecule has 41 heavy (non-hydrogen) atoms. The summed E-state index contributed by atoms with van der Waals surface area (Å²) in [5.74, 6) is -3.15. The van der Waals surface area contributed by atoms with Crippen LogP contribution in [-0.4, -0.2) is 118 Å². The van der Waals surface area contributed by atoms with Crippen molar-refractivity contribution < 1.29 is 43.1 Å². The monoisotopic (exact) mass is 586 g/mol. The lowest BCUT2D eigenvalue weighted by atomic mass is 9.78. The lowest BCUT2D eigenvalue weighted by Gasteiger charge is -2.46. The van der Waals surface area contributed by atoms with Gasteiger partial charge in [0.2, 0.25) is 0 Å². The van der Waals surface area contributed by atoms with Crippen molar-refractivity contribution in [2.24, 2.45) is 17.8 Å². The van der Waals surface area contributed by atoms with Gasteiger partial charge in [-0.15, -0.1) is 0 Å². The summed E-state index contributed by atoms with van der Waals surface area (Å²) < 4.78 is 36.2. The van der Waals surface area contributed by atoms with Crippen LogP contribution in [0.25, 0.3) is 0 Å². The normalized spacial score (nSPS) is 40.4. The van der Waals surface area contributed by atoms with Crippen molar-refractivity contribution in [2.75, 3.05) is 54.1 Å². The molecule has 0 aliphatic carbocycles. The molecule has 3 heterocycles. The van der Waals surface area contributed by atoms with E-state index in [0.29, 0.717) is 58.4 Å². The van der Waals surface area contributed by atoms with E-state index in [1.165, 1.54) is 0 Å². The highest BCUT2D eigenvalue weighted by atomic mass is 16.7. The van der Waals surface area contributed by atoms with Crippen molar-refractivity contribution in [2.45, 2.75) is 109 Å². The van der Waals surface area contributed by atoms with Crippen LogP contribution < -0.4 is 5.32 Å². The molecule has 1 spiro atoms. The molecule has 11 heteroatoms. The largest absolute Gasteiger partial charge is 0.465 e. The molecule has 0 saturated carbocycles. The Bertz CT molecular complexity index is 852. The summed E-state index contributed by atoms with van der Waals surface area (Å²) in [6.07, 6.45) is 0.204. The summed E-state index contributed by atoms with van der Waals surface area (Å²) in [6.45, 7) is 12.0. The first-order chi connectivity index (χ1) is 19.3. The number of ether oxygens (including phenoxy) is 6. The highest BCUT2D eigenvalue weighted by Gasteiger charge is 2.48. The van der Waals surface area contributed by atoms with Gasteiger partial charge in [0.25, 0.3) is 0 Å². The zero-order valence-corrected chi connectivity index (χ0v) is 26.4. The maximum atomic E-state index is 13.8. The molecule has 0 aromatic carbocycles. The number of nitrogens with one attached hydrogen (secondary N) is 1. The van der Waals surface area contributed by atoms with Crippen LogP contribution in [0.4, 0.5) is 0 Å². The number of ketones is 1. The molecule has 11 nitrogen and oxygen atoms in total. The molecule has 0 aromatic heterocycles. The van der Waals surface area contributed by atoms with Crippen molar-refractivity contribution >= 4 is 11.8 Å². The number of likely N-dealkylation sites (N-methyl/N-ethyl adjacent to an activating group) is 1. The van der Waals surface area contributed by atoms with E-state index in [9.17, 15) is 14.7 Å². The number of methoxy groups -OCH3 is 1. The minimum Gasteiger partial charge on any atom is -0.465 e. The average molecular weight is 587 g/mol. The third-order valence-corrected chi connectivity index (χ3v) is 9.00. The van der Waals surface area contributed by atoms with Gasteiger partial charge in [-0.3, -0.25) is 9.59 Å². The number of Topliss-reactive ketones (excluding diaryl/α,β-unsaturated/α-hetero) is 1. The highest BCUT2D eigenvalue weighted by molar-refractivity contribution is 5.99. The van der Waals surface area contributed by atoms with Gasteiger partial charge < -0.3 is 43.7 Å². The maximum Gasteiger partial charge on any atom is 0.316 e. The topological polar surface area (TPSA) is 125 Å². The van der Waals surface area contributed by atoms with Crippen LogP contribution in [-0.2, 0) is 38.0 Å². The molecular formula is C30H54N2O9. The number of aliphatic hydroxyl groups is 1. The number of aliphatic hydroxyl groups excluding tert-OH is 1. The van der Waals surface area contributed by atoms with Crippen LogP contribution in [0.2, 0.25) is 0 Å². The van der Waals surface area contributed by atoms with Crippen LogP contribution in [0.1, 0.15) is 66.7 Å². The van der Waals surface area contributed by atoms with E-state index >= 15 is 0 Å². The SMILES string of the molecule is CO[C@]1(C)C[C@@H](C)CNCCC2(CCCOC(=O)C(C)C(=O)[C@H](C)[C@H]1O[C@@H]1O[C@H](C)C[C@H](N(C)C)[C@H]1O)OCCO2. The summed E-state index contributed by atoms with van der Waals surface area (Å²) in [6, 6.07) is -0.174. The lowest BCUT2D eigenvalue weighted by Crippen LogP contribution is -2.59. The van der Waals surface area contributed by atoms with Crippen molar-refractivity contribution in [3.63, 3.8) is 0 Å². The van der Waals surface area contributed by atoms with E-state index in [1.807, 2.05) is 32.8 Å². The van der Waals surface area contributed by atoms with Crippen LogP contribution in [0, 0.1) is 17.8 Å². The van der Waals surface area contributed by atoms with Gasteiger partial charge >= 0.3 is 5.97 Å². The van der Waals surface area contributed by atoms with E-state index in [0.717, 1.165) is 0 Å². The van der Waals surface area contributed by atoms with Crippen molar-refractivity contribution in [3.8, 4) is 0 Å². The number of cyclic esters (lactones) is 1. The number of rotatable bonds is 4. The predicted octanol–water partition coefficient (Wildman–Crippen LogP) is 2.13. The molecule has 2 N–H and O–H groups in total. The summed E-state index contributed by atoms with van der Waals surface area (Å²) >= 11 is 0. The number of hydrogen-bond donors (Lipinski definition) is 2. The van der Waals surface area contributed by atoms with Gasteiger partial charge in [-0.05, 0) is 66.6 Å². The first-order valence-corrected chi connectivity index (χ1v) is 15.2. The van der Waals surface area contributed by atoms with Crippen LogP contribution in [0.3, 0.4) is 0 Å². The minimum atomic E-state index is -0.995. The minimum absolute atomic E-state index is 0.151. The first-order valence-electron chi connectivity index (χ1n) is 15.2. The number of carbonyl (C=O) groups is 2. The highest BCUT2D eigenvalue weighted by Crippen LogP contribution is 2.36. The van der Waals surface area contributed by atoms with E-state index in [4.69, 9.17) is 28.4 Å². The Kier molecular flexibility index (Phi) is 12.6. The molecule has 9 atom stereocenters. The molecule has 0 bridgehead atoms. The second-order valence-corrected chi connectivity index (χ2v) is 12.7. The molecule has 1 unspecified atom stereocenters. The second kappa shape index (κ2) is 15.0. The van der Waals surface area contributed by atoms with Gasteiger partial charge in [0.05, 0.1) is 37.6 Å². The first kappa shape index (κ1) is 34.3. The number of hydrogen-bond acceptors (Lipinski definition) is 11. The Morgan fingerprint density at radius 2 is 1.73 bits per heavy atom. The molecule has 3 aliphatic rings. The molecule has 0 amide bonds. The molecule has 3 saturated heterocycles. The molecule has 0 radical (unpaired) electrons. The van der Waals surface area contributed by atoms with Gasteiger partial charge in [-0.2, -0.15) is 0 Å². The molecular weight excluding hydrogens is 532 g/mol. The zero-order valence-electron chi connectivity index (χ0n) is 26.4. The standard InChI is InChI=1S/C30H54N2O9/c1-19-17-29(5,36-8)26(41-28-25(34)23(32(6)7)16-20(2)40-28)21(3)24(33)22(4)27(35)37-13-9-10-30(11-12-31-18-19)38-14-15-39-30/h19-23,25-26,28,31,34H,9-18H2,1-8H3/t19-,20-,21+,22?,23+,25-,26-,28+,29-/m1/s1. The average Bonchev–Trinajstić information content (AvgIpc) is 3.40. The van der Waals surface area contributed by atoms with Crippen LogP contribution in [0.15, 0.2) is 0 Å². The summed E-state index contributed by atoms with van der Waals surface area (Å²) in [5.41, 5.74) is -0.927. The smallest absolute Gasteiger partial charge is 0.316 e. The molecule has 3 fully saturated rings. The Balaban J connectivity index is 1.88. The van der Waals surface area contributed by atoms with E-state index in [2.05, 4.69) is 12.2 Å². The fourth-order valence-electron chi connectivity index (χ4n) is 6.51. The van der Waals surface area contributed by atoms with E-state index in [1.54, 1.807) is 21.0 Å². The quantitative estimate of drug-likeness (QED) is 0.372. The predicted molar refractivity (Wildman–Crippen MR) is 152 cm³/mol. The Hall–Kier alpha value is -1.18. The van der Waals surface area contributed by atoms with E-state index in [-0.39, 0.29) is 30.5 Å². The molecule has 0 aromatic rings.